The third-order valence-electron chi connectivity index (χ3n) is 2.70. The zero-order valence-corrected chi connectivity index (χ0v) is 9.04. The fraction of sp³-hybridized carbons (Fsp3) is 0.700. The Balaban J connectivity index is 2.14. The highest BCUT2D eigenvalue weighted by atomic mass is 35.5. The zero-order chi connectivity index (χ0) is 10.1. The number of nitrogens with zero attached hydrogens (tertiary/aromatic N) is 2. The fourth-order valence-electron chi connectivity index (χ4n) is 1.74. The van der Waals surface area contributed by atoms with Gasteiger partial charge in [0.1, 0.15) is 0 Å². The molecule has 4 heteroatoms. The van der Waals surface area contributed by atoms with E-state index in [1.54, 1.807) is 10.9 Å². The average molecular weight is 215 g/mol. The molecule has 1 aromatic heterocycles. The van der Waals surface area contributed by atoms with Crippen molar-refractivity contribution in [2.24, 2.45) is 5.92 Å². The summed E-state index contributed by atoms with van der Waals surface area (Å²) in [7, 11) is 0. The Kier molecular flexibility index (Phi) is 2.79. The van der Waals surface area contributed by atoms with Crippen LogP contribution in [-0.2, 0) is 6.54 Å². The number of halogens is 1. The van der Waals surface area contributed by atoms with Crippen LogP contribution in [0.3, 0.4) is 0 Å². The van der Waals surface area contributed by atoms with Crippen LogP contribution in [0.4, 0.5) is 0 Å². The van der Waals surface area contributed by atoms with Gasteiger partial charge in [0.25, 0.3) is 0 Å². The average Bonchev–Trinajstić information content (AvgIpc) is 2.87. The second kappa shape index (κ2) is 3.91. The van der Waals surface area contributed by atoms with Crippen LogP contribution >= 0.6 is 11.6 Å². The van der Waals surface area contributed by atoms with Gasteiger partial charge in [0, 0.05) is 6.54 Å². The summed E-state index contributed by atoms with van der Waals surface area (Å²) in [5.74, 6) is 0.696. The second-order valence-electron chi connectivity index (χ2n) is 3.89. The number of hydrogen-bond donors (Lipinski definition) is 1. The van der Waals surface area contributed by atoms with Crippen LogP contribution in [0.15, 0.2) is 6.20 Å². The molecule has 1 aliphatic rings. The second-order valence-corrected chi connectivity index (χ2v) is 4.30. The Morgan fingerprint density at radius 2 is 2.43 bits per heavy atom. The SMILES string of the molecule is CCn1ncc(Cl)c1C(O)CC1CC1. The van der Waals surface area contributed by atoms with Crippen LogP contribution < -0.4 is 0 Å². The van der Waals surface area contributed by atoms with Crippen molar-refractivity contribution in [3.63, 3.8) is 0 Å². The quantitative estimate of drug-likeness (QED) is 0.836. The summed E-state index contributed by atoms with van der Waals surface area (Å²) in [5.41, 5.74) is 0.779. The largest absolute Gasteiger partial charge is 0.387 e. The molecular formula is C10H15ClN2O. The van der Waals surface area contributed by atoms with Crippen LogP contribution in [0.1, 0.15) is 38.0 Å². The van der Waals surface area contributed by atoms with Gasteiger partial charge in [0.05, 0.1) is 23.0 Å². The van der Waals surface area contributed by atoms with E-state index in [9.17, 15) is 5.11 Å². The van der Waals surface area contributed by atoms with Gasteiger partial charge in [-0.05, 0) is 19.3 Å². The minimum atomic E-state index is -0.447. The molecule has 0 aliphatic heterocycles. The van der Waals surface area contributed by atoms with Crippen molar-refractivity contribution < 1.29 is 5.11 Å². The number of hydrogen-bond acceptors (Lipinski definition) is 2. The number of rotatable bonds is 4. The molecule has 1 heterocycles. The fourth-order valence-corrected chi connectivity index (χ4v) is 2.00. The van der Waals surface area contributed by atoms with Crippen molar-refractivity contribution in [2.75, 3.05) is 0 Å². The van der Waals surface area contributed by atoms with Crippen molar-refractivity contribution >= 4 is 11.6 Å². The summed E-state index contributed by atoms with van der Waals surface area (Å²) < 4.78 is 1.77. The predicted octanol–water partition coefficient (Wildman–Crippen LogP) is 2.39. The van der Waals surface area contributed by atoms with Gasteiger partial charge in [-0.25, -0.2) is 0 Å². The van der Waals surface area contributed by atoms with E-state index in [0.717, 1.165) is 18.7 Å². The molecule has 78 valence electrons. The lowest BCUT2D eigenvalue weighted by molar-refractivity contribution is 0.150. The van der Waals surface area contributed by atoms with E-state index in [1.807, 2.05) is 6.92 Å². The Morgan fingerprint density at radius 1 is 1.71 bits per heavy atom. The van der Waals surface area contributed by atoms with Crippen molar-refractivity contribution in [1.29, 1.82) is 0 Å². The van der Waals surface area contributed by atoms with Gasteiger partial charge in [-0.1, -0.05) is 24.4 Å². The Hall–Kier alpha value is -0.540. The molecule has 0 amide bonds. The molecule has 1 atom stereocenters. The molecule has 1 fully saturated rings. The van der Waals surface area contributed by atoms with Gasteiger partial charge in [0.15, 0.2) is 0 Å². The van der Waals surface area contributed by atoms with Crippen LogP contribution in [0.25, 0.3) is 0 Å². The topological polar surface area (TPSA) is 38.0 Å². The van der Waals surface area contributed by atoms with Gasteiger partial charge in [0.2, 0.25) is 0 Å². The number of aromatic nitrogens is 2. The molecule has 3 nitrogen and oxygen atoms in total. The molecule has 2 rings (SSSR count). The molecule has 0 radical (unpaired) electrons. The first-order valence-corrected chi connectivity index (χ1v) is 5.49. The van der Waals surface area contributed by atoms with Crippen molar-refractivity contribution in [1.82, 2.24) is 9.78 Å². The first kappa shape index (κ1) is 9.99. The van der Waals surface area contributed by atoms with E-state index >= 15 is 0 Å². The van der Waals surface area contributed by atoms with Gasteiger partial charge >= 0.3 is 0 Å². The van der Waals surface area contributed by atoms with Gasteiger partial charge in [-0.15, -0.1) is 0 Å². The van der Waals surface area contributed by atoms with Crippen LogP contribution in [0, 0.1) is 5.92 Å². The maximum atomic E-state index is 9.97. The molecule has 1 aromatic rings. The van der Waals surface area contributed by atoms with Gasteiger partial charge in [-0.3, -0.25) is 4.68 Å². The third kappa shape index (κ3) is 1.93. The van der Waals surface area contributed by atoms with Crippen molar-refractivity contribution in [2.45, 2.75) is 38.8 Å². The van der Waals surface area contributed by atoms with Crippen LogP contribution in [0.2, 0.25) is 5.02 Å². The maximum Gasteiger partial charge on any atom is 0.0974 e. The molecule has 1 saturated carbocycles. The molecule has 14 heavy (non-hydrogen) atoms. The Labute approximate surface area is 88.7 Å². The molecule has 1 N–H and O–H groups in total. The lowest BCUT2D eigenvalue weighted by Crippen LogP contribution is -2.09. The summed E-state index contributed by atoms with van der Waals surface area (Å²) >= 11 is 5.98. The first-order chi connectivity index (χ1) is 6.72. The number of aliphatic hydroxyl groups excluding tert-OH is 1. The van der Waals surface area contributed by atoms with E-state index < -0.39 is 6.10 Å². The van der Waals surface area contributed by atoms with E-state index in [4.69, 9.17) is 11.6 Å². The highest BCUT2D eigenvalue weighted by Crippen LogP contribution is 2.38. The summed E-state index contributed by atoms with van der Waals surface area (Å²) in [6.45, 7) is 2.75. The molecule has 0 spiro atoms. The molecular weight excluding hydrogens is 200 g/mol. The smallest absolute Gasteiger partial charge is 0.0974 e. The minimum absolute atomic E-state index is 0.447. The summed E-state index contributed by atoms with van der Waals surface area (Å²) in [6.07, 6.45) is 4.48. The molecule has 0 bridgehead atoms. The third-order valence-corrected chi connectivity index (χ3v) is 2.99. The Bertz CT molecular complexity index is 320. The van der Waals surface area contributed by atoms with E-state index in [1.165, 1.54) is 12.8 Å². The lowest BCUT2D eigenvalue weighted by Gasteiger charge is -2.12. The van der Waals surface area contributed by atoms with E-state index in [-0.39, 0.29) is 0 Å². The normalized spacial score (nSPS) is 18.5. The highest BCUT2D eigenvalue weighted by molar-refractivity contribution is 6.31. The number of aryl methyl sites for hydroxylation is 1. The van der Waals surface area contributed by atoms with Crippen molar-refractivity contribution in [3.8, 4) is 0 Å². The minimum Gasteiger partial charge on any atom is -0.387 e. The first-order valence-electron chi connectivity index (χ1n) is 5.11. The summed E-state index contributed by atoms with van der Waals surface area (Å²) in [5, 5.41) is 14.7. The van der Waals surface area contributed by atoms with Crippen LogP contribution in [-0.4, -0.2) is 14.9 Å². The van der Waals surface area contributed by atoms with E-state index in [0.29, 0.717) is 10.9 Å². The lowest BCUT2D eigenvalue weighted by atomic mass is 10.1. The van der Waals surface area contributed by atoms with E-state index in [2.05, 4.69) is 5.10 Å². The Morgan fingerprint density at radius 3 is 3.00 bits per heavy atom. The highest BCUT2D eigenvalue weighted by Gasteiger charge is 2.27. The summed E-state index contributed by atoms with van der Waals surface area (Å²) in [4.78, 5) is 0. The molecule has 1 unspecified atom stereocenters. The van der Waals surface area contributed by atoms with Gasteiger partial charge < -0.3 is 5.11 Å². The van der Waals surface area contributed by atoms with Crippen LogP contribution in [0.5, 0.6) is 0 Å². The predicted molar refractivity (Wildman–Crippen MR) is 55.2 cm³/mol. The maximum absolute atomic E-state index is 9.97. The summed E-state index contributed by atoms with van der Waals surface area (Å²) in [6, 6.07) is 0. The van der Waals surface area contributed by atoms with Crippen molar-refractivity contribution in [3.05, 3.63) is 16.9 Å². The standard InChI is InChI=1S/C10H15ClN2O/c1-2-13-10(8(11)6-12-13)9(14)5-7-3-4-7/h6-7,9,14H,2-5H2,1H3. The molecule has 0 aromatic carbocycles. The molecule has 1 aliphatic carbocycles. The monoisotopic (exact) mass is 214 g/mol. The zero-order valence-electron chi connectivity index (χ0n) is 8.28. The number of aliphatic hydroxyl groups is 1. The van der Waals surface area contributed by atoms with Gasteiger partial charge in [-0.2, -0.15) is 5.10 Å². The molecule has 0 saturated heterocycles.